The van der Waals surface area contributed by atoms with E-state index in [4.69, 9.17) is 4.74 Å². The van der Waals surface area contributed by atoms with Crippen molar-refractivity contribution >= 4 is 15.9 Å². The van der Waals surface area contributed by atoms with Crippen molar-refractivity contribution < 1.29 is 9.84 Å². The molecular weight excluding hydrogens is 306 g/mol. The van der Waals surface area contributed by atoms with Crippen LogP contribution in [0.25, 0.3) is 0 Å². The fourth-order valence-corrected chi connectivity index (χ4v) is 3.04. The molecule has 0 radical (unpaired) electrons. The van der Waals surface area contributed by atoms with Crippen LogP contribution in [0.2, 0.25) is 0 Å². The lowest BCUT2D eigenvalue weighted by Gasteiger charge is -2.26. The molecule has 1 aromatic rings. The van der Waals surface area contributed by atoms with Crippen LogP contribution in [-0.2, 0) is 6.42 Å². The molecule has 1 saturated carbocycles. The molecule has 0 aliphatic heterocycles. The first kappa shape index (κ1) is 14.8. The summed E-state index contributed by atoms with van der Waals surface area (Å²) < 4.78 is 6.46. The van der Waals surface area contributed by atoms with Gasteiger partial charge in [0.25, 0.3) is 0 Å². The van der Waals surface area contributed by atoms with Gasteiger partial charge in [-0.3, -0.25) is 0 Å². The van der Waals surface area contributed by atoms with Gasteiger partial charge < -0.3 is 15.2 Å². The van der Waals surface area contributed by atoms with E-state index in [1.54, 1.807) is 7.11 Å². The normalized spacial score (nSPS) is 23.3. The largest absolute Gasteiger partial charge is 0.496 e. The van der Waals surface area contributed by atoms with Crippen LogP contribution in [0.15, 0.2) is 22.7 Å². The number of hydrogen-bond donors (Lipinski definition) is 2. The molecule has 0 amide bonds. The van der Waals surface area contributed by atoms with Crippen LogP contribution in [0.4, 0.5) is 0 Å². The summed E-state index contributed by atoms with van der Waals surface area (Å²) in [4.78, 5) is 0. The SMILES string of the molecule is COc1ccc(Br)cc1CCNC1CCC(O)CC1. The third kappa shape index (κ3) is 4.48. The van der Waals surface area contributed by atoms with Crippen molar-refractivity contribution in [2.24, 2.45) is 0 Å². The number of benzene rings is 1. The van der Waals surface area contributed by atoms with E-state index in [9.17, 15) is 5.11 Å². The fraction of sp³-hybridized carbons (Fsp3) is 0.600. The minimum Gasteiger partial charge on any atom is -0.496 e. The van der Waals surface area contributed by atoms with E-state index >= 15 is 0 Å². The molecular formula is C15H22BrNO2. The minimum atomic E-state index is -0.0803. The summed E-state index contributed by atoms with van der Waals surface area (Å²) in [6.07, 6.45) is 4.90. The second-order valence-electron chi connectivity index (χ2n) is 5.17. The Morgan fingerprint density at radius 2 is 2.05 bits per heavy atom. The van der Waals surface area contributed by atoms with Crippen LogP contribution in [0, 0.1) is 0 Å². The molecule has 0 bridgehead atoms. The number of hydrogen-bond acceptors (Lipinski definition) is 3. The lowest BCUT2D eigenvalue weighted by atomic mass is 9.93. The zero-order valence-electron chi connectivity index (χ0n) is 11.4. The lowest BCUT2D eigenvalue weighted by molar-refractivity contribution is 0.117. The maximum Gasteiger partial charge on any atom is 0.122 e. The Hall–Kier alpha value is -0.580. The van der Waals surface area contributed by atoms with E-state index in [-0.39, 0.29) is 6.10 Å². The lowest BCUT2D eigenvalue weighted by Crippen LogP contribution is -2.35. The Kier molecular flexibility index (Phi) is 5.67. The van der Waals surface area contributed by atoms with Crippen LogP contribution in [-0.4, -0.2) is 30.9 Å². The molecule has 1 aliphatic rings. The van der Waals surface area contributed by atoms with E-state index in [1.165, 1.54) is 5.56 Å². The first-order valence-electron chi connectivity index (χ1n) is 6.93. The highest BCUT2D eigenvalue weighted by atomic mass is 79.9. The van der Waals surface area contributed by atoms with E-state index in [1.807, 2.05) is 12.1 Å². The highest BCUT2D eigenvalue weighted by Crippen LogP contribution is 2.23. The topological polar surface area (TPSA) is 41.5 Å². The molecule has 19 heavy (non-hydrogen) atoms. The van der Waals surface area contributed by atoms with E-state index in [0.717, 1.165) is 48.9 Å². The van der Waals surface area contributed by atoms with Crippen LogP contribution >= 0.6 is 15.9 Å². The summed E-state index contributed by atoms with van der Waals surface area (Å²) in [5.41, 5.74) is 1.22. The third-order valence-electron chi connectivity index (χ3n) is 3.77. The number of methoxy groups -OCH3 is 1. The van der Waals surface area contributed by atoms with Gasteiger partial charge >= 0.3 is 0 Å². The number of nitrogens with one attached hydrogen (secondary N) is 1. The van der Waals surface area contributed by atoms with Gasteiger partial charge in [-0.25, -0.2) is 0 Å². The summed E-state index contributed by atoms with van der Waals surface area (Å²) in [6, 6.07) is 6.67. The molecule has 0 heterocycles. The second-order valence-corrected chi connectivity index (χ2v) is 6.08. The van der Waals surface area contributed by atoms with Crippen LogP contribution in [0.5, 0.6) is 5.75 Å². The molecule has 0 aromatic heterocycles. The maximum atomic E-state index is 9.48. The van der Waals surface area contributed by atoms with Crippen molar-refractivity contribution in [3.8, 4) is 5.75 Å². The predicted molar refractivity (Wildman–Crippen MR) is 80.7 cm³/mol. The molecule has 106 valence electrons. The Morgan fingerprint density at radius 3 is 2.74 bits per heavy atom. The molecule has 0 atom stereocenters. The third-order valence-corrected chi connectivity index (χ3v) is 4.26. The summed E-state index contributed by atoms with van der Waals surface area (Å²) >= 11 is 3.50. The molecule has 0 spiro atoms. The smallest absolute Gasteiger partial charge is 0.122 e. The van der Waals surface area contributed by atoms with Crippen LogP contribution in [0.3, 0.4) is 0 Å². The standard InChI is InChI=1S/C15H22BrNO2/c1-19-15-7-2-12(16)10-11(15)8-9-17-13-3-5-14(18)6-4-13/h2,7,10,13-14,17-18H,3-6,8-9H2,1H3. The minimum absolute atomic E-state index is 0.0803. The quantitative estimate of drug-likeness (QED) is 0.873. The van der Waals surface area contributed by atoms with Gasteiger partial charge in [0.05, 0.1) is 13.2 Å². The summed E-state index contributed by atoms with van der Waals surface area (Å²) in [5.74, 6) is 0.948. The summed E-state index contributed by atoms with van der Waals surface area (Å²) in [6.45, 7) is 0.952. The van der Waals surface area contributed by atoms with E-state index in [0.29, 0.717) is 6.04 Å². The Balaban J connectivity index is 1.80. The van der Waals surface area contributed by atoms with Gasteiger partial charge in [0.1, 0.15) is 5.75 Å². The van der Waals surface area contributed by atoms with E-state index in [2.05, 4.69) is 27.3 Å². The molecule has 0 unspecified atom stereocenters. The number of ether oxygens (including phenoxy) is 1. The molecule has 0 saturated heterocycles. The van der Waals surface area contributed by atoms with Gasteiger partial charge in [-0.1, -0.05) is 15.9 Å². The number of aliphatic hydroxyl groups is 1. The Morgan fingerprint density at radius 1 is 1.32 bits per heavy atom. The van der Waals surface area contributed by atoms with Crippen molar-refractivity contribution in [3.63, 3.8) is 0 Å². The van der Waals surface area contributed by atoms with Gasteiger partial charge in [-0.15, -0.1) is 0 Å². The molecule has 3 nitrogen and oxygen atoms in total. The van der Waals surface area contributed by atoms with Crippen molar-refractivity contribution in [2.45, 2.75) is 44.2 Å². The monoisotopic (exact) mass is 327 g/mol. The van der Waals surface area contributed by atoms with Gasteiger partial charge in [0.2, 0.25) is 0 Å². The highest BCUT2D eigenvalue weighted by molar-refractivity contribution is 9.10. The van der Waals surface area contributed by atoms with Gasteiger partial charge in [0, 0.05) is 10.5 Å². The van der Waals surface area contributed by atoms with Crippen LogP contribution < -0.4 is 10.1 Å². The molecule has 2 rings (SSSR count). The fourth-order valence-electron chi connectivity index (χ4n) is 2.63. The average Bonchev–Trinajstić information content (AvgIpc) is 2.41. The van der Waals surface area contributed by atoms with Crippen molar-refractivity contribution in [1.29, 1.82) is 0 Å². The Labute approximate surface area is 123 Å². The Bertz CT molecular complexity index is 403. The van der Waals surface area contributed by atoms with E-state index < -0.39 is 0 Å². The molecule has 1 aliphatic carbocycles. The number of halogens is 1. The van der Waals surface area contributed by atoms with Crippen LogP contribution in [0.1, 0.15) is 31.2 Å². The van der Waals surface area contributed by atoms with Gasteiger partial charge in [-0.2, -0.15) is 0 Å². The molecule has 1 fully saturated rings. The summed E-state index contributed by atoms with van der Waals surface area (Å²) in [7, 11) is 1.71. The summed E-state index contributed by atoms with van der Waals surface area (Å²) in [5, 5.41) is 13.1. The molecule has 1 aromatic carbocycles. The molecule has 2 N–H and O–H groups in total. The van der Waals surface area contributed by atoms with Crippen molar-refractivity contribution in [2.75, 3.05) is 13.7 Å². The first-order chi connectivity index (χ1) is 9.19. The van der Waals surface area contributed by atoms with Gasteiger partial charge in [0.15, 0.2) is 0 Å². The first-order valence-corrected chi connectivity index (χ1v) is 7.72. The van der Waals surface area contributed by atoms with Gasteiger partial charge in [-0.05, 0) is 62.4 Å². The average molecular weight is 328 g/mol. The second kappa shape index (κ2) is 7.27. The maximum absolute atomic E-state index is 9.48. The zero-order valence-corrected chi connectivity index (χ0v) is 12.9. The predicted octanol–water partition coefficient (Wildman–Crippen LogP) is 2.89. The van der Waals surface area contributed by atoms with Crippen molar-refractivity contribution in [3.05, 3.63) is 28.2 Å². The van der Waals surface area contributed by atoms with Crippen molar-refractivity contribution in [1.82, 2.24) is 5.32 Å². The molecule has 4 heteroatoms. The zero-order chi connectivity index (χ0) is 13.7. The number of aliphatic hydroxyl groups excluding tert-OH is 1. The number of rotatable bonds is 5. The highest BCUT2D eigenvalue weighted by Gasteiger charge is 2.18.